The van der Waals surface area contributed by atoms with Crippen molar-refractivity contribution in [2.24, 2.45) is 0 Å². The van der Waals surface area contributed by atoms with Gasteiger partial charge in [0.15, 0.2) is 0 Å². The zero-order valence-electron chi connectivity index (χ0n) is 10.4. The van der Waals surface area contributed by atoms with Crippen molar-refractivity contribution in [1.82, 2.24) is 10.6 Å². The van der Waals surface area contributed by atoms with E-state index in [2.05, 4.69) is 15.4 Å². The van der Waals surface area contributed by atoms with Gasteiger partial charge in [0.05, 0.1) is 6.61 Å². The predicted molar refractivity (Wildman–Crippen MR) is 60.7 cm³/mol. The highest BCUT2D eigenvalue weighted by atomic mass is 16.6. The van der Waals surface area contributed by atoms with Crippen molar-refractivity contribution >= 4 is 12.2 Å². The fourth-order valence-electron chi connectivity index (χ4n) is 0.833. The minimum absolute atomic E-state index is 0.0503. The number of amides is 2. The Morgan fingerprint density at radius 3 is 2.12 bits per heavy atom. The van der Waals surface area contributed by atoms with Crippen LogP contribution in [-0.2, 0) is 9.47 Å². The molecule has 0 unspecified atom stereocenters. The van der Waals surface area contributed by atoms with Crippen molar-refractivity contribution in [3.63, 3.8) is 0 Å². The second kappa shape index (κ2) is 7.72. The van der Waals surface area contributed by atoms with Gasteiger partial charge in [-0.2, -0.15) is 0 Å². The Labute approximate surface area is 100 Å². The first kappa shape index (κ1) is 15.5. The molecule has 2 amide bonds. The van der Waals surface area contributed by atoms with Gasteiger partial charge in [-0.1, -0.05) is 0 Å². The number of rotatable bonds is 5. The Kier molecular flexibility index (Phi) is 7.04. The van der Waals surface area contributed by atoms with Crippen LogP contribution in [0.25, 0.3) is 0 Å². The molecule has 0 aliphatic heterocycles. The lowest BCUT2D eigenvalue weighted by atomic mass is 10.2. The van der Waals surface area contributed by atoms with E-state index in [1.807, 2.05) is 0 Å². The molecule has 0 bridgehead atoms. The summed E-state index contributed by atoms with van der Waals surface area (Å²) in [5.41, 5.74) is -0.544. The van der Waals surface area contributed by atoms with E-state index in [0.29, 0.717) is 0 Å². The SMILES string of the molecule is CC(C)(C)OC(=O)NCCNC(=O)OCCO. The summed E-state index contributed by atoms with van der Waals surface area (Å²) in [5.74, 6) is 0. The Hall–Kier alpha value is -1.50. The topological polar surface area (TPSA) is 96.9 Å². The number of aliphatic hydroxyl groups is 1. The van der Waals surface area contributed by atoms with Crippen molar-refractivity contribution in [2.75, 3.05) is 26.3 Å². The molecule has 0 aromatic heterocycles. The zero-order valence-corrected chi connectivity index (χ0v) is 10.4. The van der Waals surface area contributed by atoms with Gasteiger partial charge in [0.1, 0.15) is 12.2 Å². The lowest BCUT2D eigenvalue weighted by Crippen LogP contribution is -2.38. The van der Waals surface area contributed by atoms with E-state index in [1.165, 1.54) is 0 Å². The molecule has 100 valence electrons. The number of ether oxygens (including phenoxy) is 2. The largest absolute Gasteiger partial charge is 0.447 e. The van der Waals surface area contributed by atoms with Crippen molar-refractivity contribution < 1.29 is 24.2 Å². The normalized spacial score (nSPS) is 10.6. The van der Waals surface area contributed by atoms with Crippen LogP contribution in [0.1, 0.15) is 20.8 Å². The maximum atomic E-state index is 11.2. The van der Waals surface area contributed by atoms with Gasteiger partial charge >= 0.3 is 12.2 Å². The fourth-order valence-corrected chi connectivity index (χ4v) is 0.833. The summed E-state index contributed by atoms with van der Waals surface area (Å²) in [6, 6.07) is 0. The Bertz CT molecular complexity index is 250. The molecule has 0 heterocycles. The van der Waals surface area contributed by atoms with Crippen LogP contribution in [0.15, 0.2) is 0 Å². The molecular formula is C10H20N2O5. The molecular weight excluding hydrogens is 228 g/mol. The molecule has 7 heteroatoms. The summed E-state index contributed by atoms with van der Waals surface area (Å²) in [5, 5.41) is 13.3. The van der Waals surface area contributed by atoms with Crippen LogP contribution in [0, 0.1) is 0 Å². The van der Waals surface area contributed by atoms with Gasteiger partial charge in [-0.25, -0.2) is 9.59 Å². The van der Waals surface area contributed by atoms with Crippen LogP contribution in [0.3, 0.4) is 0 Å². The van der Waals surface area contributed by atoms with Crippen molar-refractivity contribution in [2.45, 2.75) is 26.4 Å². The first-order chi connectivity index (χ1) is 7.85. The van der Waals surface area contributed by atoms with Gasteiger partial charge in [-0.15, -0.1) is 0 Å². The average molecular weight is 248 g/mol. The minimum atomic E-state index is -0.634. The Morgan fingerprint density at radius 2 is 1.65 bits per heavy atom. The Morgan fingerprint density at radius 1 is 1.12 bits per heavy atom. The first-order valence-corrected chi connectivity index (χ1v) is 5.33. The highest BCUT2D eigenvalue weighted by Gasteiger charge is 2.15. The number of alkyl carbamates (subject to hydrolysis) is 2. The number of aliphatic hydroxyl groups excluding tert-OH is 1. The van der Waals surface area contributed by atoms with Gasteiger partial charge < -0.3 is 25.2 Å². The summed E-state index contributed by atoms with van der Waals surface area (Å²) in [6.07, 6.45) is -1.17. The molecule has 0 rings (SSSR count). The molecule has 17 heavy (non-hydrogen) atoms. The Balaban J connectivity index is 3.51. The van der Waals surface area contributed by atoms with E-state index in [4.69, 9.17) is 9.84 Å². The second-order valence-electron chi connectivity index (χ2n) is 4.21. The third-order valence-corrected chi connectivity index (χ3v) is 1.39. The molecule has 7 nitrogen and oxygen atoms in total. The van der Waals surface area contributed by atoms with E-state index in [9.17, 15) is 9.59 Å². The molecule has 0 saturated heterocycles. The van der Waals surface area contributed by atoms with Gasteiger partial charge in [-0.3, -0.25) is 0 Å². The summed E-state index contributed by atoms with van der Waals surface area (Å²) in [4.78, 5) is 22.1. The van der Waals surface area contributed by atoms with Crippen LogP contribution in [0.5, 0.6) is 0 Å². The van der Waals surface area contributed by atoms with E-state index in [0.717, 1.165) is 0 Å². The lowest BCUT2D eigenvalue weighted by Gasteiger charge is -2.19. The highest BCUT2D eigenvalue weighted by Crippen LogP contribution is 2.05. The van der Waals surface area contributed by atoms with E-state index in [-0.39, 0.29) is 26.3 Å². The molecule has 0 saturated carbocycles. The van der Waals surface area contributed by atoms with Crippen LogP contribution in [0.4, 0.5) is 9.59 Å². The van der Waals surface area contributed by atoms with E-state index >= 15 is 0 Å². The summed E-state index contributed by atoms with van der Waals surface area (Å²) >= 11 is 0. The first-order valence-electron chi connectivity index (χ1n) is 5.33. The molecule has 3 N–H and O–H groups in total. The fraction of sp³-hybridized carbons (Fsp3) is 0.800. The third kappa shape index (κ3) is 10.8. The standard InChI is InChI=1S/C10H20N2O5/c1-10(2,3)17-9(15)12-5-4-11-8(14)16-7-6-13/h13H,4-7H2,1-3H3,(H,11,14)(H,12,15). The van der Waals surface area contributed by atoms with Crippen molar-refractivity contribution in [3.05, 3.63) is 0 Å². The van der Waals surface area contributed by atoms with Crippen LogP contribution in [-0.4, -0.2) is 49.2 Å². The number of hydrogen-bond acceptors (Lipinski definition) is 5. The third-order valence-electron chi connectivity index (χ3n) is 1.39. The highest BCUT2D eigenvalue weighted by molar-refractivity contribution is 5.68. The molecule has 0 atom stereocenters. The molecule has 0 spiro atoms. The molecule has 0 aliphatic carbocycles. The van der Waals surface area contributed by atoms with E-state index in [1.54, 1.807) is 20.8 Å². The average Bonchev–Trinajstić information content (AvgIpc) is 2.19. The number of hydrogen-bond donors (Lipinski definition) is 3. The number of carbonyl (C=O) groups excluding carboxylic acids is 2. The monoisotopic (exact) mass is 248 g/mol. The van der Waals surface area contributed by atoms with Gasteiger partial charge in [0.25, 0.3) is 0 Å². The van der Waals surface area contributed by atoms with Gasteiger partial charge in [0, 0.05) is 13.1 Å². The maximum Gasteiger partial charge on any atom is 0.407 e. The molecule has 0 fully saturated rings. The van der Waals surface area contributed by atoms with Crippen LogP contribution >= 0.6 is 0 Å². The number of carbonyl (C=O) groups is 2. The van der Waals surface area contributed by atoms with Crippen LogP contribution < -0.4 is 10.6 Å². The number of nitrogens with one attached hydrogen (secondary N) is 2. The summed E-state index contributed by atoms with van der Waals surface area (Å²) in [7, 11) is 0. The maximum absolute atomic E-state index is 11.2. The second-order valence-corrected chi connectivity index (χ2v) is 4.21. The zero-order chi connectivity index (χ0) is 13.3. The van der Waals surface area contributed by atoms with Crippen LogP contribution in [0.2, 0.25) is 0 Å². The molecule has 0 aliphatic rings. The van der Waals surface area contributed by atoms with Crippen molar-refractivity contribution in [1.29, 1.82) is 0 Å². The lowest BCUT2D eigenvalue weighted by molar-refractivity contribution is 0.0527. The summed E-state index contributed by atoms with van der Waals surface area (Å²) < 4.78 is 9.52. The quantitative estimate of drug-likeness (QED) is 0.605. The molecule has 0 aromatic carbocycles. The smallest absolute Gasteiger partial charge is 0.407 e. The van der Waals surface area contributed by atoms with Gasteiger partial charge in [-0.05, 0) is 20.8 Å². The molecule has 0 radical (unpaired) electrons. The van der Waals surface area contributed by atoms with Crippen molar-refractivity contribution in [3.8, 4) is 0 Å². The summed E-state index contributed by atoms with van der Waals surface area (Å²) in [6.45, 7) is 5.48. The van der Waals surface area contributed by atoms with Gasteiger partial charge in [0.2, 0.25) is 0 Å². The molecule has 0 aromatic rings. The van der Waals surface area contributed by atoms with E-state index < -0.39 is 17.8 Å². The minimum Gasteiger partial charge on any atom is -0.447 e. The predicted octanol–water partition coefficient (Wildman–Crippen LogP) is 0.230.